The molecule has 0 saturated carbocycles. The molecule has 0 saturated heterocycles. The van der Waals surface area contributed by atoms with Crippen LogP contribution >= 0.6 is 23.2 Å². The van der Waals surface area contributed by atoms with Crippen LogP contribution in [-0.2, 0) is 26.0 Å². The van der Waals surface area contributed by atoms with Gasteiger partial charge in [0.15, 0.2) is 0 Å². The number of aryl methyl sites for hydroxylation is 1. The standard InChI is InChI=1S/C28H31Cl2N3O4S/c1-4-31-28(35)21(3)32(17-16-22-8-6-5-7-9-22)27(34)19-33(23-12-15-25(29)26(30)18-23)38(36,37)24-13-10-20(2)11-14-24/h5-15,18,21H,4,16-17,19H2,1-3H3,(H,31,35)/t21-/m0/s1. The largest absolute Gasteiger partial charge is 0.355 e. The third kappa shape index (κ3) is 7.28. The summed E-state index contributed by atoms with van der Waals surface area (Å²) in [5.41, 5.74) is 2.06. The maximum atomic E-state index is 13.8. The molecule has 0 spiro atoms. The molecule has 0 aromatic heterocycles. The molecule has 1 N–H and O–H groups in total. The Balaban J connectivity index is 2.00. The molecule has 0 unspecified atom stereocenters. The highest BCUT2D eigenvalue weighted by molar-refractivity contribution is 7.92. The van der Waals surface area contributed by atoms with Crippen LogP contribution in [0.15, 0.2) is 77.7 Å². The van der Waals surface area contributed by atoms with Crippen LogP contribution in [0, 0.1) is 6.92 Å². The number of hydrogen-bond acceptors (Lipinski definition) is 4. The van der Waals surface area contributed by atoms with Crippen LogP contribution in [0.3, 0.4) is 0 Å². The monoisotopic (exact) mass is 575 g/mol. The van der Waals surface area contributed by atoms with E-state index in [9.17, 15) is 18.0 Å². The van der Waals surface area contributed by atoms with Crippen LogP contribution in [0.5, 0.6) is 0 Å². The quantitative estimate of drug-likeness (QED) is 0.345. The highest BCUT2D eigenvalue weighted by atomic mass is 35.5. The summed E-state index contributed by atoms with van der Waals surface area (Å²) in [6, 6.07) is 19.5. The normalized spacial score (nSPS) is 12.0. The zero-order valence-corrected chi connectivity index (χ0v) is 23.9. The Hall–Kier alpha value is -3.07. The second-order valence-electron chi connectivity index (χ2n) is 8.82. The summed E-state index contributed by atoms with van der Waals surface area (Å²) >= 11 is 12.3. The lowest BCUT2D eigenvalue weighted by Crippen LogP contribution is -2.52. The first-order valence-corrected chi connectivity index (χ1v) is 14.4. The van der Waals surface area contributed by atoms with Crippen molar-refractivity contribution in [2.75, 3.05) is 23.9 Å². The Morgan fingerprint density at radius 2 is 1.61 bits per heavy atom. The van der Waals surface area contributed by atoms with Gasteiger partial charge in [0.1, 0.15) is 12.6 Å². The minimum absolute atomic E-state index is 0.0228. The molecule has 10 heteroatoms. The van der Waals surface area contributed by atoms with E-state index in [0.29, 0.717) is 13.0 Å². The van der Waals surface area contributed by atoms with Crippen LogP contribution in [0.25, 0.3) is 0 Å². The van der Waals surface area contributed by atoms with Gasteiger partial charge in [-0.2, -0.15) is 0 Å². The Morgan fingerprint density at radius 1 is 0.947 bits per heavy atom. The van der Waals surface area contributed by atoms with E-state index in [1.54, 1.807) is 26.0 Å². The van der Waals surface area contributed by atoms with Gasteiger partial charge in [0, 0.05) is 13.1 Å². The maximum Gasteiger partial charge on any atom is 0.264 e. The maximum absolute atomic E-state index is 13.8. The smallest absolute Gasteiger partial charge is 0.264 e. The third-order valence-electron chi connectivity index (χ3n) is 6.08. The van der Waals surface area contributed by atoms with Crippen molar-refractivity contribution in [2.45, 2.75) is 38.1 Å². The predicted octanol–water partition coefficient (Wildman–Crippen LogP) is 5.09. The molecule has 38 heavy (non-hydrogen) atoms. The first-order chi connectivity index (χ1) is 18.0. The molecule has 7 nitrogen and oxygen atoms in total. The summed E-state index contributed by atoms with van der Waals surface area (Å²) in [6.45, 7) is 5.37. The molecule has 3 rings (SSSR count). The molecule has 0 fully saturated rings. The molecule has 0 heterocycles. The SMILES string of the molecule is CCNC(=O)[C@H](C)N(CCc1ccccc1)C(=O)CN(c1ccc(Cl)c(Cl)c1)S(=O)(=O)c1ccc(C)cc1. The fraction of sp³-hybridized carbons (Fsp3) is 0.286. The first kappa shape index (κ1) is 29.5. The van der Waals surface area contributed by atoms with Gasteiger partial charge in [0.25, 0.3) is 10.0 Å². The van der Waals surface area contributed by atoms with E-state index in [2.05, 4.69) is 5.32 Å². The van der Waals surface area contributed by atoms with Gasteiger partial charge in [-0.3, -0.25) is 13.9 Å². The van der Waals surface area contributed by atoms with Gasteiger partial charge in [-0.25, -0.2) is 8.42 Å². The van der Waals surface area contributed by atoms with Gasteiger partial charge in [0.2, 0.25) is 11.8 Å². The molecule has 3 aromatic rings. The lowest BCUT2D eigenvalue weighted by molar-refractivity contribution is -0.138. The van der Waals surface area contributed by atoms with Crippen molar-refractivity contribution in [2.24, 2.45) is 0 Å². The zero-order valence-electron chi connectivity index (χ0n) is 21.5. The van der Waals surface area contributed by atoms with E-state index < -0.39 is 28.5 Å². The molecule has 0 radical (unpaired) electrons. The molecule has 0 aliphatic rings. The number of likely N-dealkylation sites (N-methyl/N-ethyl adjacent to an activating group) is 1. The summed E-state index contributed by atoms with van der Waals surface area (Å²) in [6.07, 6.45) is 0.494. The summed E-state index contributed by atoms with van der Waals surface area (Å²) < 4.78 is 28.6. The number of benzene rings is 3. The van der Waals surface area contributed by atoms with E-state index in [1.165, 1.54) is 35.2 Å². The Labute approximate surface area is 234 Å². The molecule has 0 aliphatic heterocycles. The Bertz CT molecular complexity index is 1370. The molecular weight excluding hydrogens is 545 g/mol. The van der Waals surface area contributed by atoms with Crippen molar-refractivity contribution in [1.29, 1.82) is 0 Å². The van der Waals surface area contributed by atoms with Gasteiger partial charge in [0.05, 0.1) is 20.6 Å². The number of nitrogens with zero attached hydrogens (tertiary/aromatic N) is 2. The number of sulfonamides is 1. The first-order valence-electron chi connectivity index (χ1n) is 12.2. The number of carbonyl (C=O) groups excluding carboxylic acids is 2. The summed E-state index contributed by atoms with van der Waals surface area (Å²) in [5, 5.41) is 3.15. The summed E-state index contributed by atoms with van der Waals surface area (Å²) in [4.78, 5) is 27.9. The van der Waals surface area contributed by atoms with Crippen LogP contribution in [0.1, 0.15) is 25.0 Å². The molecule has 0 aliphatic carbocycles. The zero-order chi connectivity index (χ0) is 27.9. The van der Waals surface area contributed by atoms with Crippen molar-refractivity contribution < 1.29 is 18.0 Å². The molecule has 1 atom stereocenters. The number of nitrogens with one attached hydrogen (secondary N) is 1. The fourth-order valence-corrected chi connectivity index (χ4v) is 5.60. The highest BCUT2D eigenvalue weighted by Crippen LogP contribution is 2.31. The fourth-order valence-electron chi connectivity index (χ4n) is 3.90. The predicted molar refractivity (Wildman–Crippen MR) is 152 cm³/mol. The van der Waals surface area contributed by atoms with Crippen LogP contribution in [0.4, 0.5) is 5.69 Å². The van der Waals surface area contributed by atoms with Gasteiger partial charge >= 0.3 is 0 Å². The van der Waals surface area contributed by atoms with Crippen molar-refractivity contribution in [1.82, 2.24) is 10.2 Å². The third-order valence-corrected chi connectivity index (χ3v) is 8.61. The van der Waals surface area contributed by atoms with E-state index in [1.807, 2.05) is 37.3 Å². The number of rotatable bonds is 11. The number of anilines is 1. The lowest BCUT2D eigenvalue weighted by atomic mass is 10.1. The second-order valence-corrected chi connectivity index (χ2v) is 11.5. The van der Waals surface area contributed by atoms with Gasteiger partial charge < -0.3 is 10.2 Å². The molecule has 0 bridgehead atoms. The summed E-state index contributed by atoms with van der Waals surface area (Å²) in [7, 11) is -4.17. The van der Waals surface area contributed by atoms with Crippen molar-refractivity contribution >= 4 is 50.7 Å². The van der Waals surface area contributed by atoms with E-state index in [4.69, 9.17) is 23.2 Å². The lowest BCUT2D eigenvalue weighted by Gasteiger charge is -2.32. The van der Waals surface area contributed by atoms with Crippen LogP contribution in [-0.4, -0.2) is 50.8 Å². The van der Waals surface area contributed by atoms with Gasteiger partial charge in [-0.05, 0) is 63.1 Å². The van der Waals surface area contributed by atoms with E-state index in [-0.39, 0.29) is 33.1 Å². The minimum atomic E-state index is -4.17. The number of halogens is 2. The Kier molecular flexibility index (Phi) is 10.2. The molecule has 3 aromatic carbocycles. The van der Waals surface area contributed by atoms with Gasteiger partial charge in [-0.15, -0.1) is 0 Å². The second kappa shape index (κ2) is 13.1. The van der Waals surface area contributed by atoms with Crippen molar-refractivity contribution in [3.05, 3.63) is 94.0 Å². The van der Waals surface area contributed by atoms with Crippen molar-refractivity contribution in [3.63, 3.8) is 0 Å². The molecule has 202 valence electrons. The van der Waals surface area contributed by atoms with Crippen molar-refractivity contribution in [3.8, 4) is 0 Å². The van der Waals surface area contributed by atoms with Gasteiger partial charge in [-0.1, -0.05) is 71.2 Å². The average molecular weight is 577 g/mol. The number of amides is 2. The van der Waals surface area contributed by atoms with Crippen LogP contribution < -0.4 is 9.62 Å². The van der Waals surface area contributed by atoms with E-state index in [0.717, 1.165) is 15.4 Å². The topological polar surface area (TPSA) is 86.8 Å². The molecule has 2 amide bonds. The van der Waals surface area contributed by atoms with Crippen LogP contribution in [0.2, 0.25) is 10.0 Å². The highest BCUT2D eigenvalue weighted by Gasteiger charge is 2.32. The summed E-state index contributed by atoms with van der Waals surface area (Å²) in [5.74, 6) is -0.849. The minimum Gasteiger partial charge on any atom is -0.355 e. The number of carbonyl (C=O) groups is 2. The number of hydrogen-bond donors (Lipinski definition) is 1. The van der Waals surface area contributed by atoms with E-state index >= 15 is 0 Å². The molecular formula is C28H31Cl2N3O4S. The Morgan fingerprint density at radius 3 is 2.21 bits per heavy atom. The average Bonchev–Trinajstić information content (AvgIpc) is 2.90.